The largest absolute Gasteiger partial charge is 0.372 e. The van der Waals surface area contributed by atoms with Gasteiger partial charge in [0.2, 0.25) is 0 Å². The van der Waals surface area contributed by atoms with Crippen LogP contribution in [0.4, 0.5) is 0 Å². The van der Waals surface area contributed by atoms with E-state index in [-0.39, 0.29) is 22.8 Å². The average Bonchev–Trinajstić information content (AvgIpc) is 2.15. The van der Waals surface area contributed by atoms with Crippen LogP contribution in [0, 0.1) is 0 Å². The summed E-state index contributed by atoms with van der Waals surface area (Å²) >= 11 is 0. The van der Waals surface area contributed by atoms with Crippen molar-refractivity contribution in [3.63, 3.8) is 0 Å². The van der Waals surface area contributed by atoms with Gasteiger partial charge in [0, 0.05) is 19.1 Å². The molecule has 0 amide bonds. The summed E-state index contributed by atoms with van der Waals surface area (Å²) < 4.78 is 12.1. The van der Waals surface area contributed by atoms with Crippen molar-refractivity contribution in [2.45, 2.75) is 69.8 Å². The summed E-state index contributed by atoms with van der Waals surface area (Å²) in [4.78, 5) is 0. The zero-order chi connectivity index (χ0) is 11.3. The summed E-state index contributed by atoms with van der Waals surface area (Å²) in [6.45, 7) is 9.28. The summed E-state index contributed by atoms with van der Waals surface area (Å²) in [6.07, 6.45) is 2.84. The lowest BCUT2D eigenvalue weighted by Crippen LogP contribution is -2.55. The minimum Gasteiger partial charge on any atom is -0.372 e. The third-order valence-corrected chi connectivity index (χ3v) is 3.80. The van der Waals surface area contributed by atoms with Gasteiger partial charge in [-0.25, -0.2) is 0 Å². The van der Waals surface area contributed by atoms with E-state index in [1.54, 1.807) is 0 Å². The number of nitrogens with two attached hydrogens (primary N) is 1. The lowest BCUT2D eigenvalue weighted by molar-refractivity contribution is -0.171. The zero-order valence-electron chi connectivity index (χ0n) is 10.3. The van der Waals surface area contributed by atoms with E-state index in [1.807, 2.05) is 0 Å². The minimum absolute atomic E-state index is 0.0967. The Bertz CT molecular complexity index is 262. The monoisotopic (exact) mass is 213 g/mol. The van der Waals surface area contributed by atoms with E-state index in [2.05, 4.69) is 27.7 Å². The van der Waals surface area contributed by atoms with Crippen LogP contribution in [-0.4, -0.2) is 29.5 Å². The molecule has 3 heteroatoms. The zero-order valence-corrected chi connectivity index (χ0v) is 10.3. The minimum atomic E-state index is -0.228. The highest BCUT2D eigenvalue weighted by molar-refractivity contribution is 5.09. The van der Waals surface area contributed by atoms with E-state index in [4.69, 9.17) is 15.2 Å². The summed E-state index contributed by atoms with van der Waals surface area (Å²) in [5, 5.41) is 0. The van der Waals surface area contributed by atoms with Crippen molar-refractivity contribution < 1.29 is 9.47 Å². The Kier molecular flexibility index (Phi) is 2.42. The van der Waals surface area contributed by atoms with Gasteiger partial charge in [-0.15, -0.1) is 0 Å². The Morgan fingerprint density at radius 3 is 2.33 bits per heavy atom. The quantitative estimate of drug-likeness (QED) is 0.668. The van der Waals surface area contributed by atoms with Crippen LogP contribution in [0.1, 0.15) is 47.0 Å². The SMILES string of the molecule is CC1(C)CC2(CC(N)CCO2)C(C)(C)O1. The normalized spacial score (nSPS) is 43.4. The molecule has 2 N–H and O–H groups in total. The van der Waals surface area contributed by atoms with E-state index in [9.17, 15) is 0 Å². The Morgan fingerprint density at radius 1 is 1.20 bits per heavy atom. The molecule has 2 heterocycles. The van der Waals surface area contributed by atoms with E-state index in [0.29, 0.717) is 0 Å². The molecule has 88 valence electrons. The van der Waals surface area contributed by atoms with Crippen molar-refractivity contribution in [1.29, 1.82) is 0 Å². The van der Waals surface area contributed by atoms with Crippen molar-refractivity contribution in [3.05, 3.63) is 0 Å². The summed E-state index contributed by atoms with van der Waals surface area (Å²) in [6, 6.07) is 0.260. The van der Waals surface area contributed by atoms with Gasteiger partial charge >= 0.3 is 0 Å². The van der Waals surface area contributed by atoms with Crippen molar-refractivity contribution >= 4 is 0 Å². The second-order valence-electron chi connectivity index (χ2n) is 6.14. The van der Waals surface area contributed by atoms with E-state index in [0.717, 1.165) is 25.9 Å². The second-order valence-corrected chi connectivity index (χ2v) is 6.14. The highest BCUT2D eigenvalue weighted by Crippen LogP contribution is 2.50. The first-order valence-electron chi connectivity index (χ1n) is 5.86. The van der Waals surface area contributed by atoms with Crippen LogP contribution in [0.2, 0.25) is 0 Å². The predicted octanol–water partition coefficient (Wildman–Crippen LogP) is 1.84. The molecular weight excluding hydrogens is 190 g/mol. The maximum atomic E-state index is 6.10. The lowest BCUT2D eigenvalue weighted by atomic mass is 9.76. The molecule has 0 aliphatic carbocycles. The Morgan fingerprint density at radius 2 is 1.87 bits per heavy atom. The molecule has 3 nitrogen and oxygen atoms in total. The van der Waals surface area contributed by atoms with Gasteiger partial charge in [0.05, 0.1) is 11.2 Å². The number of hydrogen-bond acceptors (Lipinski definition) is 3. The second kappa shape index (κ2) is 3.19. The van der Waals surface area contributed by atoms with Crippen molar-refractivity contribution in [2.24, 2.45) is 5.73 Å². The first-order valence-corrected chi connectivity index (χ1v) is 5.86. The predicted molar refractivity (Wildman–Crippen MR) is 59.8 cm³/mol. The third-order valence-electron chi connectivity index (χ3n) is 3.80. The Labute approximate surface area is 92.3 Å². The van der Waals surface area contributed by atoms with Crippen molar-refractivity contribution in [1.82, 2.24) is 0 Å². The van der Waals surface area contributed by atoms with E-state index >= 15 is 0 Å². The molecule has 2 fully saturated rings. The van der Waals surface area contributed by atoms with Gasteiger partial charge in [-0.05, 0) is 40.5 Å². The first kappa shape index (κ1) is 11.4. The molecule has 0 aromatic carbocycles. The van der Waals surface area contributed by atoms with Gasteiger partial charge in [0.15, 0.2) is 0 Å². The van der Waals surface area contributed by atoms with Crippen LogP contribution < -0.4 is 5.73 Å². The molecular formula is C12H23NO2. The van der Waals surface area contributed by atoms with Crippen molar-refractivity contribution in [3.8, 4) is 0 Å². The molecule has 0 saturated carbocycles. The number of ether oxygens (including phenoxy) is 2. The number of rotatable bonds is 0. The third kappa shape index (κ3) is 1.81. The molecule has 0 aromatic rings. The van der Waals surface area contributed by atoms with Gasteiger partial charge in [-0.2, -0.15) is 0 Å². The van der Waals surface area contributed by atoms with Gasteiger partial charge < -0.3 is 15.2 Å². The summed E-state index contributed by atoms with van der Waals surface area (Å²) in [5.74, 6) is 0. The average molecular weight is 213 g/mol. The lowest BCUT2D eigenvalue weighted by Gasteiger charge is -2.44. The van der Waals surface area contributed by atoms with Gasteiger partial charge in [-0.1, -0.05) is 0 Å². The molecule has 2 aliphatic rings. The molecule has 15 heavy (non-hydrogen) atoms. The first-order chi connectivity index (χ1) is 6.77. The molecule has 2 rings (SSSR count). The van der Waals surface area contributed by atoms with E-state index < -0.39 is 0 Å². The molecule has 0 aromatic heterocycles. The molecule has 2 atom stereocenters. The molecule has 0 bridgehead atoms. The van der Waals surface area contributed by atoms with Crippen LogP contribution >= 0.6 is 0 Å². The maximum Gasteiger partial charge on any atom is 0.101 e. The Balaban J connectivity index is 2.26. The van der Waals surface area contributed by atoms with E-state index in [1.165, 1.54) is 0 Å². The van der Waals surface area contributed by atoms with Crippen LogP contribution in [0.3, 0.4) is 0 Å². The molecule has 2 unspecified atom stereocenters. The van der Waals surface area contributed by atoms with Gasteiger partial charge in [0.25, 0.3) is 0 Å². The number of hydrogen-bond donors (Lipinski definition) is 1. The van der Waals surface area contributed by atoms with Crippen LogP contribution in [-0.2, 0) is 9.47 Å². The fourth-order valence-electron chi connectivity index (χ4n) is 3.25. The van der Waals surface area contributed by atoms with Gasteiger partial charge in [0.1, 0.15) is 5.60 Å². The molecule has 2 aliphatic heterocycles. The van der Waals surface area contributed by atoms with Crippen molar-refractivity contribution in [2.75, 3.05) is 6.61 Å². The standard InChI is InChI=1S/C12H23NO2/c1-10(2)8-12(11(3,4)15-10)7-9(13)5-6-14-12/h9H,5-8,13H2,1-4H3. The molecule has 0 radical (unpaired) electrons. The highest BCUT2D eigenvalue weighted by atomic mass is 16.6. The molecule has 1 spiro atoms. The Hall–Kier alpha value is -0.120. The smallest absolute Gasteiger partial charge is 0.101 e. The molecule has 2 saturated heterocycles. The van der Waals surface area contributed by atoms with Crippen LogP contribution in [0.15, 0.2) is 0 Å². The van der Waals surface area contributed by atoms with Crippen LogP contribution in [0.25, 0.3) is 0 Å². The fraction of sp³-hybridized carbons (Fsp3) is 1.00. The van der Waals surface area contributed by atoms with Gasteiger partial charge in [-0.3, -0.25) is 0 Å². The highest BCUT2D eigenvalue weighted by Gasteiger charge is 2.59. The fourth-order valence-corrected chi connectivity index (χ4v) is 3.25. The maximum absolute atomic E-state index is 6.10. The summed E-state index contributed by atoms with van der Waals surface area (Å²) in [5.41, 5.74) is 5.57. The summed E-state index contributed by atoms with van der Waals surface area (Å²) in [7, 11) is 0. The topological polar surface area (TPSA) is 44.5 Å². The van der Waals surface area contributed by atoms with Crippen LogP contribution in [0.5, 0.6) is 0 Å².